The van der Waals surface area contributed by atoms with Gasteiger partial charge in [0.25, 0.3) is 0 Å². The van der Waals surface area contributed by atoms with E-state index in [1.807, 2.05) is 0 Å². The minimum Gasteiger partial charge on any atom is -0.628 e. The van der Waals surface area contributed by atoms with E-state index in [2.05, 4.69) is 0 Å². The van der Waals surface area contributed by atoms with Crippen molar-refractivity contribution in [2.45, 2.75) is 0 Å². The van der Waals surface area contributed by atoms with Crippen molar-refractivity contribution in [3.63, 3.8) is 0 Å². The maximum Gasteiger partial charge on any atom is 0.337 e. The van der Waals surface area contributed by atoms with Crippen LogP contribution in [0.2, 0.25) is 5.02 Å². The molecule has 1 aromatic rings. The zero-order chi connectivity index (χ0) is 11.6. The number of hydrogen-bond acceptors (Lipinski definition) is 4. The molecule has 0 saturated heterocycles. The number of rotatable bonds is 3. The molecule has 0 saturated carbocycles. The number of ether oxygens (including phenoxy) is 1. The van der Waals surface area contributed by atoms with Crippen molar-refractivity contribution in [1.82, 2.24) is 0 Å². The summed E-state index contributed by atoms with van der Waals surface area (Å²) in [4.78, 5) is 10.7. The van der Waals surface area contributed by atoms with Crippen molar-refractivity contribution in [2.24, 2.45) is 0 Å². The second kappa shape index (κ2) is 4.45. The monoisotopic (exact) mass is 232 g/mol. The predicted octanol–water partition coefficient (Wildman–Crippen LogP) is 0.559. The second-order valence-electron chi connectivity index (χ2n) is 2.62. The number of benzene rings is 1. The third kappa shape index (κ3) is 2.37. The zero-order valence-corrected chi connectivity index (χ0v) is 8.37. The number of aromatic carboxylic acids is 1. The highest BCUT2D eigenvalue weighted by Crippen LogP contribution is 2.28. The fraction of sp³-hybridized carbons (Fsp3) is 0.125. The SMILES string of the molecule is COc1cc(Cl)c(C(=O)O)cc1[NH+]([O-])[O-]. The van der Waals surface area contributed by atoms with Gasteiger partial charge in [-0.3, -0.25) is 0 Å². The summed E-state index contributed by atoms with van der Waals surface area (Å²) in [7, 11) is 1.25. The minimum absolute atomic E-state index is 0.0370. The Morgan fingerprint density at radius 3 is 2.53 bits per heavy atom. The van der Waals surface area contributed by atoms with Crippen molar-refractivity contribution in [1.29, 1.82) is 0 Å². The maximum atomic E-state index is 10.7. The zero-order valence-electron chi connectivity index (χ0n) is 7.61. The molecule has 0 aromatic heterocycles. The molecule has 15 heavy (non-hydrogen) atoms. The molecule has 0 radical (unpaired) electrons. The normalized spacial score (nSPS) is 10.5. The van der Waals surface area contributed by atoms with Crippen molar-refractivity contribution < 1.29 is 19.9 Å². The number of carbonyl (C=O) groups is 1. The minimum atomic E-state index is -1.52. The largest absolute Gasteiger partial charge is 0.628 e. The van der Waals surface area contributed by atoms with Gasteiger partial charge in [-0.25, -0.2) is 4.79 Å². The highest BCUT2D eigenvalue weighted by Gasteiger charge is 2.16. The molecule has 0 aliphatic rings. The first kappa shape index (κ1) is 11.7. The lowest BCUT2D eigenvalue weighted by molar-refractivity contribution is -0.715. The van der Waals surface area contributed by atoms with Gasteiger partial charge < -0.3 is 25.5 Å². The Morgan fingerprint density at radius 1 is 1.53 bits per heavy atom. The summed E-state index contributed by atoms with van der Waals surface area (Å²) in [5, 5.41) is 28.4. The third-order valence-electron chi connectivity index (χ3n) is 1.74. The number of methoxy groups -OCH3 is 1. The summed E-state index contributed by atoms with van der Waals surface area (Å²) in [5.74, 6) is -1.35. The molecule has 0 spiro atoms. The fourth-order valence-corrected chi connectivity index (χ4v) is 1.28. The van der Waals surface area contributed by atoms with Gasteiger partial charge in [-0.2, -0.15) is 0 Å². The summed E-state index contributed by atoms with van der Waals surface area (Å²) in [6, 6.07) is 2.02. The van der Waals surface area contributed by atoms with E-state index in [1.54, 1.807) is 0 Å². The molecule has 0 bridgehead atoms. The number of nitrogens with one attached hydrogen (secondary N) is 1. The Hall–Kier alpha value is -1.34. The molecule has 0 heterocycles. The van der Waals surface area contributed by atoms with Crippen LogP contribution in [0.4, 0.5) is 5.69 Å². The fourth-order valence-electron chi connectivity index (χ4n) is 1.05. The first-order chi connectivity index (χ1) is 6.97. The standard InChI is InChI=1S/C8H7ClNO5/c1-15-7-3-5(9)4(8(11)12)2-6(7)10(13)14/h2-3,10H,1H3,(H,11,12)/q-1. The summed E-state index contributed by atoms with van der Waals surface area (Å²) in [6.07, 6.45) is 0. The van der Waals surface area contributed by atoms with E-state index in [0.717, 1.165) is 12.1 Å². The van der Waals surface area contributed by atoms with Gasteiger partial charge in [-0.1, -0.05) is 11.6 Å². The van der Waals surface area contributed by atoms with E-state index in [0.29, 0.717) is 0 Å². The molecule has 0 aliphatic carbocycles. The van der Waals surface area contributed by atoms with E-state index < -0.39 is 11.2 Å². The Bertz CT molecular complexity index is 393. The smallest absolute Gasteiger partial charge is 0.337 e. The molecule has 0 aliphatic heterocycles. The van der Waals surface area contributed by atoms with Gasteiger partial charge >= 0.3 is 5.97 Å². The van der Waals surface area contributed by atoms with Gasteiger partial charge in [0.2, 0.25) is 0 Å². The van der Waals surface area contributed by atoms with Crippen LogP contribution >= 0.6 is 11.6 Å². The summed E-state index contributed by atoms with van der Waals surface area (Å²) < 4.78 is 4.72. The lowest BCUT2D eigenvalue weighted by Gasteiger charge is -2.26. The van der Waals surface area contributed by atoms with E-state index in [-0.39, 0.29) is 22.0 Å². The van der Waals surface area contributed by atoms with E-state index in [9.17, 15) is 15.2 Å². The van der Waals surface area contributed by atoms with Crippen LogP contribution in [-0.4, -0.2) is 18.2 Å². The predicted molar refractivity (Wildman–Crippen MR) is 52.3 cm³/mol. The average Bonchev–Trinajstić information content (AvgIpc) is 2.16. The molecule has 1 aromatic carbocycles. The molecule has 0 fully saturated rings. The maximum absolute atomic E-state index is 10.7. The first-order valence-electron chi connectivity index (χ1n) is 3.79. The van der Waals surface area contributed by atoms with E-state index in [1.165, 1.54) is 7.11 Å². The Kier molecular flexibility index (Phi) is 3.48. The summed E-state index contributed by atoms with van der Waals surface area (Å²) in [6.45, 7) is 0. The lowest BCUT2D eigenvalue weighted by Crippen LogP contribution is -2.96. The molecule has 7 heteroatoms. The van der Waals surface area contributed by atoms with Gasteiger partial charge in [0.15, 0.2) is 11.4 Å². The second-order valence-corrected chi connectivity index (χ2v) is 3.03. The first-order valence-corrected chi connectivity index (χ1v) is 4.17. The molecule has 82 valence electrons. The molecule has 0 amide bonds. The molecule has 1 rings (SSSR count). The Morgan fingerprint density at radius 2 is 2.13 bits per heavy atom. The highest BCUT2D eigenvalue weighted by atomic mass is 35.5. The average molecular weight is 233 g/mol. The van der Waals surface area contributed by atoms with Gasteiger partial charge in [0, 0.05) is 12.1 Å². The van der Waals surface area contributed by atoms with Gasteiger partial charge in [-0.15, -0.1) is 0 Å². The molecule has 0 unspecified atom stereocenters. The molecular weight excluding hydrogens is 226 g/mol. The van der Waals surface area contributed by atoms with Crippen LogP contribution < -0.4 is 9.96 Å². The van der Waals surface area contributed by atoms with E-state index >= 15 is 0 Å². The van der Waals surface area contributed by atoms with Gasteiger partial charge in [-0.05, 0) is 0 Å². The third-order valence-corrected chi connectivity index (χ3v) is 2.05. The molecule has 6 nitrogen and oxygen atoms in total. The lowest BCUT2D eigenvalue weighted by atomic mass is 10.2. The van der Waals surface area contributed by atoms with Gasteiger partial charge in [0.05, 0.1) is 17.7 Å². The van der Waals surface area contributed by atoms with Crippen molar-refractivity contribution in [3.05, 3.63) is 33.1 Å². The van der Waals surface area contributed by atoms with E-state index in [4.69, 9.17) is 21.4 Å². The number of carboxylic acid groups (broad SMARTS) is 1. The van der Waals surface area contributed by atoms with Gasteiger partial charge in [0.1, 0.15) is 0 Å². The van der Waals surface area contributed by atoms with Crippen LogP contribution in [0.15, 0.2) is 12.1 Å². The number of quaternary nitrogens is 1. The Labute approximate surface area is 89.8 Å². The number of hydrogen-bond donors (Lipinski definition) is 2. The van der Waals surface area contributed by atoms with Crippen LogP contribution in [0, 0.1) is 10.4 Å². The van der Waals surface area contributed by atoms with Crippen molar-refractivity contribution >= 4 is 23.3 Å². The van der Waals surface area contributed by atoms with Crippen LogP contribution in [0.1, 0.15) is 10.4 Å². The molecule has 2 N–H and O–H groups in total. The molecule has 0 atom stereocenters. The van der Waals surface area contributed by atoms with Crippen LogP contribution in [0.3, 0.4) is 0 Å². The van der Waals surface area contributed by atoms with Crippen molar-refractivity contribution in [2.75, 3.05) is 7.11 Å². The highest BCUT2D eigenvalue weighted by molar-refractivity contribution is 6.33. The van der Waals surface area contributed by atoms with Crippen LogP contribution in [0.5, 0.6) is 5.75 Å². The van der Waals surface area contributed by atoms with Crippen LogP contribution in [-0.2, 0) is 0 Å². The van der Waals surface area contributed by atoms with Crippen LogP contribution in [0.25, 0.3) is 0 Å². The van der Waals surface area contributed by atoms with Crippen molar-refractivity contribution in [3.8, 4) is 5.75 Å². The topological polar surface area (TPSA) is 97.1 Å². The Balaban J connectivity index is 3.37. The quantitative estimate of drug-likeness (QED) is 0.742. The summed E-state index contributed by atoms with van der Waals surface area (Å²) >= 11 is 5.61. The number of halogens is 1. The molecular formula is C8H7ClNO5-. The summed E-state index contributed by atoms with van der Waals surface area (Å²) in [5.41, 5.74) is -0.657. The number of carboxylic acids is 1.